The number of aliphatic hydroxyl groups is 2. The minimum atomic E-state index is -0.0971. The van der Waals surface area contributed by atoms with E-state index in [1.807, 2.05) is 0 Å². The van der Waals surface area contributed by atoms with Crippen LogP contribution in [-0.2, 0) is 0 Å². The fourth-order valence-corrected chi connectivity index (χ4v) is 7.38. The van der Waals surface area contributed by atoms with Crippen molar-refractivity contribution in [2.75, 3.05) is 6.61 Å². The van der Waals surface area contributed by atoms with E-state index in [1.165, 1.54) is 38.5 Å². The molecule has 23 heavy (non-hydrogen) atoms. The second kappa shape index (κ2) is 5.59. The van der Waals surface area contributed by atoms with Gasteiger partial charge in [-0.2, -0.15) is 0 Å². The van der Waals surface area contributed by atoms with Gasteiger partial charge in [0, 0.05) is 6.61 Å². The lowest BCUT2D eigenvalue weighted by molar-refractivity contribution is -0.0521. The van der Waals surface area contributed by atoms with Crippen LogP contribution in [0.25, 0.3) is 0 Å². The summed E-state index contributed by atoms with van der Waals surface area (Å²) in [6, 6.07) is 0. The molecule has 4 aliphatic carbocycles. The highest BCUT2D eigenvalue weighted by molar-refractivity contribution is 5.25. The Hall–Kier alpha value is -0.340. The molecule has 0 aromatic heterocycles. The number of hydrogen-bond acceptors (Lipinski definition) is 2. The van der Waals surface area contributed by atoms with E-state index >= 15 is 0 Å². The molecule has 0 aromatic carbocycles. The van der Waals surface area contributed by atoms with E-state index in [0.29, 0.717) is 17.4 Å². The molecule has 4 aliphatic rings. The van der Waals surface area contributed by atoms with Gasteiger partial charge in [-0.05, 0) is 92.3 Å². The fourth-order valence-electron chi connectivity index (χ4n) is 7.38. The Morgan fingerprint density at radius 1 is 1.09 bits per heavy atom. The van der Waals surface area contributed by atoms with Gasteiger partial charge in [-0.3, -0.25) is 0 Å². The van der Waals surface area contributed by atoms with Crippen molar-refractivity contribution in [3.63, 3.8) is 0 Å². The summed E-state index contributed by atoms with van der Waals surface area (Å²) in [7, 11) is 0. The van der Waals surface area contributed by atoms with E-state index in [2.05, 4.69) is 19.9 Å². The fraction of sp³-hybridized carbons (Fsp3) is 0.905. The van der Waals surface area contributed by atoms with E-state index in [1.54, 1.807) is 5.57 Å². The zero-order valence-corrected chi connectivity index (χ0v) is 14.9. The first-order valence-corrected chi connectivity index (χ1v) is 9.97. The summed E-state index contributed by atoms with van der Waals surface area (Å²) >= 11 is 0. The largest absolute Gasteiger partial charge is 0.396 e. The van der Waals surface area contributed by atoms with Crippen molar-refractivity contribution in [2.45, 2.75) is 77.7 Å². The summed E-state index contributed by atoms with van der Waals surface area (Å²) in [5, 5.41) is 19.5. The lowest BCUT2D eigenvalue weighted by atomic mass is 9.47. The first-order valence-electron chi connectivity index (χ1n) is 9.97. The molecule has 0 heterocycles. The van der Waals surface area contributed by atoms with Crippen LogP contribution in [0.3, 0.4) is 0 Å². The van der Waals surface area contributed by atoms with Crippen LogP contribution < -0.4 is 0 Å². The smallest absolute Gasteiger partial charge is 0.0577 e. The molecule has 0 amide bonds. The van der Waals surface area contributed by atoms with Crippen molar-refractivity contribution in [1.29, 1.82) is 0 Å². The van der Waals surface area contributed by atoms with Crippen molar-refractivity contribution in [2.24, 2.45) is 34.5 Å². The first kappa shape index (κ1) is 16.1. The third kappa shape index (κ3) is 2.28. The van der Waals surface area contributed by atoms with Crippen LogP contribution in [0.5, 0.6) is 0 Å². The highest BCUT2D eigenvalue weighted by Gasteiger charge is 2.58. The van der Waals surface area contributed by atoms with Crippen LogP contribution in [0.4, 0.5) is 0 Å². The highest BCUT2D eigenvalue weighted by Crippen LogP contribution is 2.66. The summed E-state index contributed by atoms with van der Waals surface area (Å²) in [6.45, 7) is 5.40. The molecule has 3 fully saturated rings. The van der Waals surface area contributed by atoms with Crippen LogP contribution in [0.2, 0.25) is 0 Å². The maximum absolute atomic E-state index is 10.1. The standard InChI is InChI=1S/C21H34O2/c1-20-11-8-19-17(18(20)6-4-14(20)9-12-22)5-3-15-13-16(23)7-10-21(15,19)2/h3,14,16-19,22-23H,4-13H2,1-2H3/t14-,16+,17+,18+,19+,20-,21+/m1/s1. The molecule has 0 bridgehead atoms. The molecule has 0 aromatic rings. The molecular formula is C21H34O2. The van der Waals surface area contributed by atoms with Crippen LogP contribution in [0.15, 0.2) is 11.6 Å². The molecule has 0 unspecified atom stereocenters. The molecule has 0 spiro atoms. The molecular weight excluding hydrogens is 284 g/mol. The van der Waals surface area contributed by atoms with Gasteiger partial charge in [0.15, 0.2) is 0 Å². The average molecular weight is 319 g/mol. The Morgan fingerprint density at radius 2 is 1.91 bits per heavy atom. The predicted octanol–water partition coefficient (Wildman–Crippen LogP) is 4.31. The van der Waals surface area contributed by atoms with Crippen molar-refractivity contribution in [3.8, 4) is 0 Å². The van der Waals surface area contributed by atoms with Gasteiger partial charge in [0.05, 0.1) is 6.10 Å². The van der Waals surface area contributed by atoms with Gasteiger partial charge in [0.2, 0.25) is 0 Å². The van der Waals surface area contributed by atoms with E-state index in [9.17, 15) is 10.2 Å². The summed E-state index contributed by atoms with van der Waals surface area (Å²) in [4.78, 5) is 0. The second-order valence-electron chi connectivity index (χ2n) is 9.49. The molecule has 2 nitrogen and oxygen atoms in total. The Morgan fingerprint density at radius 3 is 2.70 bits per heavy atom. The maximum atomic E-state index is 10.1. The Balaban J connectivity index is 1.62. The van der Waals surface area contributed by atoms with Gasteiger partial charge in [-0.15, -0.1) is 0 Å². The molecule has 0 radical (unpaired) electrons. The molecule has 0 aliphatic heterocycles. The number of aliphatic hydroxyl groups excluding tert-OH is 2. The number of rotatable bonds is 2. The first-order chi connectivity index (χ1) is 11.0. The van der Waals surface area contributed by atoms with E-state index in [0.717, 1.165) is 42.9 Å². The average Bonchev–Trinajstić information content (AvgIpc) is 2.85. The van der Waals surface area contributed by atoms with Gasteiger partial charge >= 0.3 is 0 Å². The van der Waals surface area contributed by atoms with Crippen LogP contribution in [-0.4, -0.2) is 22.9 Å². The third-order valence-corrected chi connectivity index (χ3v) is 8.75. The van der Waals surface area contributed by atoms with Gasteiger partial charge in [0.1, 0.15) is 0 Å². The molecule has 3 saturated carbocycles. The number of fused-ring (bicyclic) bond motifs is 5. The molecule has 7 atom stereocenters. The predicted molar refractivity (Wildman–Crippen MR) is 92.9 cm³/mol. The molecule has 2 heteroatoms. The van der Waals surface area contributed by atoms with Crippen molar-refractivity contribution in [3.05, 3.63) is 11.6 Å². The lowest BCUT2D eigenvalue weighted by Crippen LogP contribution is -2.50. The van der Waals surface area contributed by atoms with Crippen molar-refractivity contribution < 1.29 is 10.2 Å². The topological polar surface area (TPSA) is 40.5 Å². The van der Waals surface area contributed by atoms with Gasteiger partial charge < -0.3 is 10.2 Å². The zero-order chi connectivity index (χ0) is 16.2. The van der Waals surface area contributed by atoms with Crippen molar-refractivity contribution >= 4 is 0 Å². The highest BCUT2D eigenvalue weighted by atomic mass is 16.3. The van der Waals surface area contributed by atoms with Gasteiger partial charge in [-0.1, -0.05) is 25.5 Å². The Kier molecular flexibility index (Phi) is 3.93. The quantitative estimate of drug-likeness (QED) is 0.745. The van der Waals surface area contributed by atoms with Crippen LogP contribution >= 0.6 is 0 Å². The summed E-state index contributed by atoms with van der Waals surface area (Å²) in [5.74, 6) is 3.28. The summed E-state index contributed by atoms with van der Waals surface area (Å²) in [6.07, 6.45) is 13.2. The molecule has 130 valence electrons. The number of allylic oxidation sites excluding steroid dienone is 1. The third-order valence-electron chi connectivity index (χ3n) is 8.75. The van der Waals surface area contributed by atoms with Crippen molar-refractivity contribution in [1.82, 2.24) is 0 Å². The minimum Gasteiger partial charge on any atom is -0.396 e. The summed E-state index contributed by atoms with van der Waals surface area (Å²) < 4.78 is 0. The minimum absolute atomic E-state index is 0.0971. The van der Waals surface area contributed by atoms with E-state index in [4.69, 9.17) is 0 Å². The second-order valence-corrected chi connectivity index (χ2v) is 9.49. The molecule has 2 N–H and O–H groups in total. The molecule has 4 rings (SSSR count). The van der Waals surface area contributed by atoms with Crippen LogP contribution in [0.1, 0.15) is 71.6 Å². The monoisotopic (exact) mass is 318 g/mol. The normalized spacial score (nSPS) is 52.3. The van der Waals surface area contributed by atoms with E-state index in [-0.39, 0.29) is 6.10 Å². The SMILES string of the molecule is C[C@]12CC[C@H]3[C@@H](CC=C4C[C@@H](O)CC[C@@]43C)[C@@H]1CC[C@@H]2CCO. The van der Waals surface area contributed by atoms with E-state index < -0.39 is 0 Å². The number of hydrogen-bond donors (Lipinski definition) is 2. The lowest BCUT2D eigenvalue weighted by Gasteiger charge is -2.58. The Bertz CT molecular complexity index is 498. The maximum Gasteiger partial charge on any atom is 0.0577 e. The zero-order valence-electron chi connectivity index (χ0n) is 14.9. The summed E-state index contributed by atoms with van der Waals surface area (Å²) in [5.41, 5.74) is 2.41. The Labute approximate surface area is 141 Å². The van der Waals surface area contributed by atoms with Crippen LogP contribution in [0, 0.1) is 34.5 Å². The van der Waals surface area contributed by atoms with Gasteiger partial charge in [-0.25, -0.2) is 0 Å². The van der Waals surface area contributed by atoms with Gasteiger partial charge in [0.25, 0.3) is 0 Å². The molecule has 0 saturated heterocycles.